The zero-order valence-electron chi connectivity index (χ0n) is 11.1. The van der Waals surface area contributed by atoms with Gasteiger partial charge in [0.25, 0.3) is 0 Å². The van der Waals surface area contributed by atoms with Gasteiger partial charge in [0.05, 0.1) is 17.9 Å². The maximum atomic E-state index is 12.4. The Morgan fingerprint density at radius 2 is 2.00 bits per heavy atom. The second-order valence-electron chi connectivity index (χ2n) is 4.19. The van der Waals surface area contributed by atoms with Crippen LogP contribution in [0.2, 0.25) is 0 Å². The Bertz CT molecular complexity index is 580. The maximum Gasteiger partial charge on any atom is 0.335 e. The van der Waals surface area contributed by atoms with Crippen molar-refractivity contribution in [2.24, 2.45) is 0 Å². The highest BCUT2D eigenvalue weighted by molar-refractivity contribution is 7.89. The molecule has 0 aromatic heterocycles. The highest BCUT2D eigenvalue weighted by atomic mass is 32.2. The van der Waals surface area contributed by atoms with Gasteiger partial charge in [-0.1, -0.05) is 6.92 Å². The Morgan fingerprint density at radius 1 is 1.35 bits per heavy atom. The Morgan fingerprint density at radius 3 is 2.45 bits per heavy atom. The zero-order valence-corrected chi connectivity index (χ0v) is 11.9. The average molecular weight is 302 g/mol. The van der Waals surface area contributed by atoms with Gasteiger partial charge >= 0.3 is 5.97 Å². The number of aromatic carboxylic acids is 1. The number of aliphatic hydroxyl groups excluding tert-OH is 1. The van der Waals surface area contributed by atoms with Crippen LogP contribution in [0, 0.1) is 0 Å². The van der Waals surface area contributed by atoms with Crippen molar-refractivity contribution in [3.05, 3.63) is 23.8 Å². The predicted octanol–water partition coefficient (Wildman–Crippen LogP) is 0.360. The topological polar surface area (TPSA) is 121 Å². The van der Waals surface area contributed by atoms with E-state index in [1.807, 2.05) is 6.92 Å². The molecule has 20 heavy (non-hydrogen) atoms. The number of hydrogen-bond acceptors (Lipinski definition) is 5. The van der Waals surface area contributed by atoms with Crippen LogP contribution in [0.25, 0.3) is 0 Å². The molecule has 0 radical (unpaired) electrons. The summed E-state index contributed by atoms with van der Waals surface area (Å²) >= 11 is 0. The second-order valence-corrected chi connectivity index (χ2v) is 6.09. The van der Waals surface area contributed by atoms with Gasteiger partial charge in [0.15, 0.2) is 0 Å². The minimum atomic E-state index is -3.84. The average Bonchev–Trinajstić information content (AvgIpc) is 2.37. The van der Waals surface area contributed by atoms with Crippen LogP contribution < -0.4 is 5.73 Å². The molecule has 0 aliphatic carbocycles. The summed E-state index contributed by atoms with van der Waals surface area (Å²) in [5, 5.41) is 17.8. The molecule has 4 N–H and O–H groups in total. The van der Waals surface area contributed by atoms with Gasteiger partial charge in [-0.15, -0.1) is 0 Å². The molecule has 0 saturated carbocycles. The standard InChI is InChI=1S/C12H18N2O5S/c1-2-5-14(6-7-15)20(18,19)11-4-3-9(12(16)17)8-10(11)13/h3-4,8,15H,2,5-7,13H2,1H3,(H,16,17). The fourth-order valence-corrected chi connectivity index (χ4v) is 3.39. The smallest absolute Gasteiger partial charge is 0.335 e. The van der Waals surface area contributed by atoms with Crippen LogP contribution in [0.4, 0.5) is 5.69 Å². The van der Waals surface area contributed by atoms with E-state index in [-0.39, 0.29) is 35.8 Å². The fourth-order valence-electron chi connectivity index (χ4n) is 1.77. The minimum Gasteiger partial charge on any atom is -0.478 e. The summed E-state index contributed by atoms with van der Waals surface area (Å²) in [7, 11) is -3.84. The Kier molecular flexibility index (Phi) is 5.49. The normalized spacial score (nSPS) is 11.8. The quantitative estimate of drug-likeness (QED) is 0.625. The number of sulfonamides is 1. The van der Waals surface area contributed by atoms with Crippen molar-refractivity contribution in [1.82, 2.24) is 4.31 Å². The molecule has 0 saturated heterocycles. The third kappa shape index (κ3) is 3.47. The third-order valence-electron chi connectivity index (χ3n) is 2.70. The summed E-state index contributed by atoms with van der Waals surface area (Å²) in [6.07, 6.45) is 0.590. The number of aliphatic hydroxyl groups is 1. The van der Waals surface area contributed by atoms with Gasteiger partial charge in [-0.3, -0.25) is 0 Å². The maximum absolute atomic E-state index is 12.4. The van der Waals surface area contributed by atoms with Gasteiger partial charge in [0.2, 0.25) is 10.0 Å². The van der Waals surface area contributed by atoms with E-state index < -0.39 is 16.0 Å². The molecule has 1 rings (SSSR count). The zero-order chi connectivity index (χ0) is 15.3. The Labute approximate surface area is 117 Å². The summed E-state index contributed by atoms with van der Waals surface area (Å²) < 4.78 is 25.9. The summed E-state index contributed by atoms with van der Waals surface area (Å²) in [6, 6.07) is 3.47. The van der Waals surface area contributed by atoms with Crippen molar-refractivity contribution in [2.45, 2.75) is 18.2 Å². The van der Waals surface area contributed by atoms with Crippen LogP contribution in [0.15, 0.2) is 23.1 Å². The van der Waals surface area contributed by atoms with Crippen molar-refractivity contribution < 1.29 is 23.4 Å². The number of nitrogen functional groups attached to an aromatic ring is 1. The number of nitrogens with zero attached hydrogens (tertiary/aromatic N) is 1. The molecule has 0 heterocycles. The molecule has 7 nitrogen and oxygen atoms in total. The van der Waals surface area contributed by atoms with Gasteiger partial charge in [-0.25, -0.2) is 13.2 Å². The lowest BCUT2D eigenvalue weighted by molar-refractivity contribution is 0.0697. The van der Waals surface area contributed by atoms with E-state index >= 15 is 0 Å². The van der Waals surface area contributed by atoms with Gasteiger partial charge in [0, 0.05) is 13.1 Å². The molecule has 0 amide bonds. The van der Waals surface area contributed by atoms with Crippen molar-refractivity contribution in [3.8, 4) is 0 Å². The summed E-state index contributed by atoms with van der Waals surface area (Å²) in [6.45, 7) is 1.74. The first-order chi connectivity index (χ1) is 9.34. The molecular weight excluding hydrogens is 284 g/mol. The molecule has 0 fully saturated rings. The molecule has 0 aliphatic heterocycles. The van der Waals surface area contributed by atoms with Crippen LogP contribution >= 0.6 is 0 Å². The highest BCUT2D eigenvalue weighted by Crippen LogP contribution is 2.23. The van der Waals surface area contributed by atoms with E-state index in [9.17, 15) is 13.2 Å². The molecule has 0 aliphatic rings. The summed E-state index contributed by atoms with van der Waals surface area (Å²) in [5.74, 6) is -1.18. The minimum absolute atomic E-state index is 0.0315. The molecule has 8 heteroatoms. The first-order valence-electron chi connectivity index (χ1n) is 6.08. The molecule has 0 bridgehead atoms. The Hall–Kier alpha value is -1.64. The number of carboxylic acids is 1. The molecule has 112 valence electrons. The third-order valence-corrected chi connectivity index (χ3v) is 4.67. The van der Waals surface area contributed by atoms with Crippen LogP contribution in [0.5, 0.6) is 0 Å². The van der Waals surface area contributed by atoms with E-state index in [0.717, 1.165) is 10.4 Å². The lowest BCUT2D eigenvalue weighted by Gasteiger charge is -2.21. The van der Waals surface area contributed by atoms with Gasteiger partial charge in [0.1, 0.15) is 4.90 Å². The van der Waals surface area contributed by atoms with Gasteiger partial charge in [-0.05, 0) is 24.6 Å². The van der Waals surface area contributed by atoms with E-state index in [0.29, 0.717) is 6.42 Å². The number of hydrogen-bond donors (Lipinski definition) is 3. The van der Waals surface area contributed by atoms with Crippen LogP contribution in [0.1, 0.15) is 23.7 Å². The molecule has 0 spiro atoms. The van der Waals surface area contributed by atoms with Gasteiger partial charge in [-0.2, -0.15) is 4.31 Å². The molecule has 1 aromatic rings. The fraction of sp³-hybridized carbons (Fsp3) is 0.417. The number of rotatable bonds is 7. The van der Waals surface area contributed by atoms with Crippen LogP contribution in [-0.4, -0.2) is 48.6 Å². The van der Waals surface area contributed by atoms with Crippen molar-refractivity contribution >= 4 is 21.7 Å². The SMILES string of the molecule is CCCN(CCO)S(=O)(=O)c1ccc(C(=O)O)cc1N. The van der Waals surface area contributed by atoms with Crippen LogP contribution in [-0.2, 0) is 10.0 Å². The molecular formula is C12H18N2O5S. The summed E-state index contributed by atoms with van der Waals surface area (Å²) in [5.41, 5.74) is 5.44. The number of carbonyl (C=O) groups is 1. The van der Waals surface area contributed by atoms with Crippen LogP contribution in [0.3, 0.4) is 0 Å². The molecule has 1 aromatic carbocycles. The molecule has 0 atom stereocenters. The van der Waals surface area contributed by atoms with Crippen molar-refractivity contribution in [2.75, 3.05) is 25.4 Å². The van der Waals surface area contributed by atoms with E-state index in [1.165, 1.54) is 12.1 Å². The monoisotopic (exact) mass is 302 g/mol. The predicted molar refractivity (Wildman–Crippen MR) is 73.9 cm³/mol. The number of carboxylic acid groups (broad SMARTS) is 1. The lowest BCUT2D eigenvalue weighted by atomic mass is 10.2. The second kappa shape index (κ2) is 6.69. The first-order valence-corrected chi connectivity index (χ1v) is 7.52. The van der Waals surface area contributed by atoms with E-state index in [1.54, 1.807) is 0 Å². The van der Waals surface area contributed by atoms with Crippen molar-refractivity contribution in [3.63, 3.8) is 0 Å². The molecule has 0 unspecified atom stereocenters. The Balaban J connectivity index is 3.23. The van der Waals surface area contributed by atoms with Crippen molar-refractivity contribution in [1.29, 1.82) is 0 Å². The largest absolute Gasteiger partial charge is 0.478 e. The number of benzene rings is 1. The first kappa shape index (κ1) is 16.4. The lowest BCUT2D eigenvalue weighted by Crippen LogP contribution is -2.34. The van der Waals surface area contributed by atoms with Gasteiger partial charge < -0.3 is 15.9 Å². The van der Waals surface area contributed by atoms with E-state index in [2.05, 4.69) is 0 Å². The summed E-state index contributed by atoms with van der Waals surface area (Å²) in [4.78, 5) is 10.7. The number of nitrogens with two attached hydrogens (primary N) is 1. The van der Waals surface area contributed by atoms with E-state index in [4.69, 9.17) is 15.9 Å². The number of anilines is 1. The highest BCUT2D eigenvalue weighted by Gasteiger charge is 2.26.